The van der Waals surface area contributed by atoms with Crippen LogP contribution in [0.1, 0.15) is 111 Å². The van der Waals surface area contributed by atoms with Crippen molar-refractivity contribution < 1.29 is 0 Å². The van der Waals surface area contributed by atoms with E-state index >= 15 is 0 Å². The Hall–Kier alpha value is -0.560. The molecule has 0 aliphatic carbocycles. The third-order valence-corrected chi connectivity index (χ3v) is 4.62. The van der Waals surface area contributed by atoms with Crippen molar-refractivity contribution in [3.63, 3.8) is 0 Å². The Balaban J connectivity index is 3.20. The predicted octanol–water partition coefficient (Wildman–Crippen LogP) is 7.56. The number of hydrogen-bond acceptors (Lipinski definition) is 1. The second-order valence-electron chi connectivity index (χ2n) is 7.75. The Morgan fingerprint density at radius 2 is 1.25 bits per heavy atom. The SMILES string of the molecule is CCCC(N)CCCCCCCCCC=CCC=CCCC(C)C. The minimum absolute atomic E-state index is 0.451. The van der Waals surface area contributed by atoms with Gasteiger partial charge in [0, 0.05) is 6.04 Å². The van der Waals surface area contributed by atoms with E-state index in [1.807, 2.05) is 0 Å². The second kappa shape index (κ2) is 18.8. The van der Waals surface area contributed by atoms with E-state index in [9.17, 15) is 0 Å². The minimum atomic E-state index is 0.451. The molecule has 0 spiro atoms. The zero-order valence-corrected chi connectivity index (χ0v) is 16.9. The van der Waals surface area contributed by atoms with Gasteiger partial charge in [0.2, 0.25) is 0 Å². The Kier molecular flexibility index (Phi) is 18.3. The quantitative estimate of drug-likeness (QED) is 0.215. The van der Waals surface area contributed by atoms with Crippen LogP contribution in [-0.2, 0) is 0 Å². The molecule has 24 heavy (non-hydrogen) atoms. The van der Waals surface area contributed by atoms with Crippen LogP contribution in [-0.4, -0.2) is 6.04 Å². The fourth-order valence-corrected chi connectivity index (χ4v) is 3.00. The summed E-state index contributed by atoms with van der Waals surface area (Å²) in [6, 6.07) is 0.451. The van der Waals surface area contributed by atoms with Crippen LogP contribution in [0, 0.1) is 5.92 Å². The normalized spacial score (nSPS) is 13.5. The second-order valence-corrected chi connectivity index (χ2v) is 7.75. The largest absolute Gasteiger partial charge is 0.328 e. The highest BCUT2D eigenvalue weighted by molar-refractivity contribution is 4.92. The van der Waals surface area contributed by atoms with E-state index in [1.54, 1.807) is 0 Å². The molecule has 1 heteroatoms. The third-order valence-electron chi connectivity index (χ3n) is 4.62. The molecule has 0 saturated heterocycles. The van der Waals surface area contributed by atoms with Crippen molar-refractivity contribution in [1.82, 2.24) is 0 Å². The van der Waals surface area contributed by atoms with Gasteiger partial charge in [-0.3, -0.25) is 0 Å². The standard InChI is InChI=1S/C23H45N/c1-4-19-23(24)21-18-16-14-12-10-8-6-5-7-9-11-13-15-17-20-22(2)3/h7,9,13,15,22-23H,4-6,8,10-12,14,16-21,24H2,1-3H3. The molecule has 0 aliphatic rings. The predicted molar refractivity (Wildman–Crippen MR) is 111 cm³/mol. The molecule has 0 heterocycles. The highest BCUT2D eigenvalue weighted by Gasteiger charge is 2.00. The van der Waals surface area contributed by atoms with E-state index < -0.39 is 0 Å². The summed E-state index contributed by atoms with van der Waals surface area (Å²) in [6.45, 7) is 6.80. The fourth-order valence-electron chi connectivity index (χ4n) is 3.00. The summed E-state index contributed by atoms with van der Waals surface area (Å²) < 4.78 is 0. The van der Waals surface area contributed by atoms with E-state index in [1.165, 1.54) is 83.5 Å². The maximum atomic E-state index is 6.04. The molecule has 0 saturated carbocycles. The first-order chi connectivity index (χ1) is 11.7. The number of nitrogens with two attached hydrogens (primary N) is 1. The molecule has 2 N–H and O–H groups in total. The van der Waals surface area contributed by atoms with Crippen LogP contribution in [0.25, 0.3) is 0 Å². The van der Waals surface area contributed by atoms with Crippen molar-refractivity contribution in [1.29, 1.82) is 0 Å². The van der Waals surface area contributed by atoms with Gasteiger partial charge >= 0.3 is 0 Å². The molecule has 1 nitrogen and oxygen atoms in total. The van der Waals surface area contributed by atoms with E-state index in [0.29, 0.717) is 6.04 Å². The van der Waals surface area contributed by atoms with Gasteiger partial charge in [0.05, 0.1) is 0 Å². The summed E-state index contributed by atoms with van der Waals surface area (Å²) in [5, 5.41) is 0. The monoisotopic (exact) mass is 335 g/mol. The van der Waals surface area contributed by atoms with Gasteiger partial charge in [0.15, 0.2) is 0 Å². The Labute approximate surface area is 153 Å². The molecule has 0 aromatic carbocycles. The van der Waals surface area contributed by atoms with Crippen LogP contribution >= 0.6 is 0 Å². The summed E-state index contributed by atoms with van der Waals surface area (Å²) in [6.07, 6.45) is 27.6. The Morgan fingerprint density at radius 3 is 1.88 bits per heavy atom. The van der Waals surface area contributed by atoms with Crippen molar-refractivity contribution in [2.75, 3.05) is 0 Å². The molecule has 0 aliphatic heterocycles. The number of hydrogen-bond donors (Lipinski definition) is 1. The lowest BCUT2D eigenvalue weighted by Gasteiger charge is -2.09. The topological polar surface area (TPSA) is 26.0 Å². The van der Waals surface area contributed by atoms with Crippen molar-refractivity contribution in [3.8, 4) is 0 Å². The zero-order chi connectivity index (χ0) is 17.9. The Bertz CT molecular complexity index is 290. The fraction of sp³-hybridized carbons (Fsp3) is 0.826. The highest BCUT2D eigenvalue weighted by Crippen LogP contribution is 2.12. The number of rotatable bonds is 17. The first-order valence-electron chi connectivity index (χ1n) is 10.7. The van der Waals surface area contributed by atoms with E-state index in [0.717, 1.165) is 12.3 Å². The van der Waals surface area contributed by atoms with Crippen LogP contribution in [0.3, 0.4) is 0 Å². The van der Waals surface area contributed by atoms with Gasteiger partial charge in [-0.05, 0) is 50.9 Å². The van der Waals surface area contributed by atoms with Crippen molar-refractivity contribution in [2.45, 2.75) is 117 Å². The van der Waals surface area contributed by atoms with Gasteiger partial charge in [0.1, 0.15) is 0 Å². The maximum Gasteiger partial charge on any atom is 0.00387 e. The van der Waals surface area contributed by atoms with Gasteiger partial charge in [-0.15, -0.1) is 0 Å². The minimum Gasteiger partial charge on any atom is -0.328 e. The summed E-state index contributed by atoms with van der Waals surface area (Å²) in [7, 11) is 0. The Morgan fingerprint density at radius 1 is 0.667 bits per heavy atom. The molecule has 142 valence electrons. The highest BCUT2D eigenvalue weighted by atomic mass is 14.6. The number of allylic oxidation sites excluding steroid dienone is 4. The molecule has 0 aromatic rings. The molecule has 0 radical (unpaired) electrons. The molecular weight excluding hydrogens is 290 g/mol. The van der Waals surface area contributed by atoms with Gasteiger partial charge in [-0.1, -0.05) is 90.0 Å². The molecule has 0 amide bonds. The van der Waals surface area contributed by atoms with Crippen molar-refractivity contribution in [3.05, 3.63) is 24.3 Å². The molecule has 0 rings (SSSR count). The van der Waals surface area contributed by atoms with Gasteiger partial charge in [-0.2, -0.15) is 0 Å². The van der Waals surface area contributed by atoms with Gasteiger partial charge in [0.25, 0.3) is 0 Å². The molecular formula is C23H45N. The lowest BCUT2D eigenvalue weighted by atomic mass is 10.0. The van der Waals surface area contributed by atoms with E-state index in [-0.39, 0.29) is 0 Å². The lowest BCUT2D eigenvalue weighted by Crippen LogP contribution is -2.18. The molecule has 0 fully saturated rings. The smallest absolute Gasteiger partial charge is 0.00387 e. The van der Waals surface area contributed by atoms with Crippen LogP contribution < -0.4 is 5.73 Å². The molecule has 0 aromatic heterocycles. The van der Waals surface area contributed by atoms with E-state index in [2.05, 4.69) is 45.1 Å². The zero-order valence-electron chi connectivity index (χ0n) is 16.9. The maximum absolute atomic E-state index is 6.04. The van der Waals surface area contributed by atoms with Gasteiger partial charge in [-0.25, -0.2) is 0 Å². The average molecular weight is 336 g/mol. The first-order valence-corrected chi connectivity index (χ1v) is 10.7. The van der Waals surface area contributed by atoms with Crippen LogP contribution in [0.2, 0.25) is 0 Å². The summed E-state index contributed by atoms with van der Waals surface area (Å²) >= 11 is 0. The molecule has 1 atom stereocenters. The summed E-state index contributed by atoms with van der Waals surface area (Å²) in [5.74, 6) is 0.823. The van der Waals surface area contributed by atoms with Crippen LogP contribution in [0.4, 0.5) is 0 Å². The van der Waals surface area contributed by atoms with Gasteiger partial charge < -0.3 is 5.73 Å². The summed E-state index contributed by atoms with van der Waals surface area (Å²) in [4.78, 5) is 0. The third kappa shape index (κ3) is 19.5. The summed E-state index contributed by atoms with van der Waals surface area (Å²) in [5.41, 5.74) is 6.04. The van der Waals surface area contributed by atoms with Crippen molar-refractivity contribution >= 4 is 0 Å². The van der Waals surface area contributed by atoms with Crippen LogP contribution in [0.5, 0.6) is 0 Å². The van der Waals surface area contributed by atoms with Crippen LogP contribution in [0.15, 0.2) is 24.3 Å². The lowest BCUT2D eigenvalue weighted by molar-refractivity contribution is 0.505. The molecule has 0 bridgehead atoms. The first kappa shape index (κ1) is 23.4. The van der Waals surface area contributed by atoms with Crippen molar-refractivity contribution in [2.24, 2.45) is 11.7 Å². The average Bonchev–Trinajstić information content (AvgIpc) is 2.54. The number of unbranched alkanes of at least 4 members (excludes halogenated alkanes) is 7. The molecule has 1 unspecified atom stereocenters. The van der Waals surface area contributed by atoms with E-state index in [4.69, 9.17) is 5.73 Å².